The van der Waals surface area contributed by atoms with Crippen molar-refractivity contribution >= 4 is 5.69 Å². The number of pyridine rings is 2. The largest absolute Gasteiger partial charge is 0.371 e. The highest BCUT2D eigenvalue weighted by Gasteiger charge is 2.19. The first-order valence-corrected chi connectivity index (χ1v) is 8.54. The predicted molar refractivity (Wildman–Crippen MR) is 94.4 cm³/mol. The lowest BCUT2D eigenvalue weighted by Gasteiger charge is -2.34. The Morgan fingerprint density at radius 3 is 2.57 bits per heavy atom. The molecule has 2 aromatic heterocycles. The van der Waals surface area contributed by atoms with Gasteiger partial charge in [-0.1, -0.05) is 6.07 Å². The molecule has 0 radical (unpaired) electrons. The van der Waals surface area contributed by atoms with E-state index in [-0.39, 0.29) is 0 Å². The van der Waals surface area contributed by atoms with E-state index in [9.17, 15) is 0 Å². The molecule has 23 heavy (non-hydrogen) atoms. The first-order chi connectivity index (χ1) is 11.3. The van der Waals surface area contributed by atoms with Gasteiger partial charge in [0.25, 0.3) is 0 Å². The van der Waals surface area contributed by atoms with Crippen LogP contribution in [0.1, 0.15) is 25.0 Å². The highest BCUT2D eigenvalue weighted by atomic mass is 15.1. The fourth-order valence-corrected chi connectivity index (χ4v) is 3.28. The van der Waals surface area contributed by atoms with Crippen LogP contribution in [0.4, 0.5) is 5.69 Å². The number of aromatic nitrogens is 2. The van der Waals surface area contributed by atoms with Crippen LogP contribution >= 0.6 is 0 Å². The van der Waals surface area contributed by atoms with Crippen molar-refractivity contribution in [2.24, 2.45) is 5.92 Å². The van der Waals surface area contributed by atoms with Crippen LogP contribution in [0.25, 0.3) is 0 Å². The van der Waals surface area contributed by atoms with E-state index in [0.717, 1.165) is 24.7 Å². The number of nitrogens with zero attached hydrogens (tertiary/aromatic N) is 4. The molecule has 1 aliphatic heterocycles. The molecule has 4 heteroatoms. The van der Waals surface area contributed by atoms with Crippen LogP contribution in [-0.4, -0.2) is 41.5 Å². The monoisotopic (exact) mass is 310 g/mol. The zero-order valence-corrected chi connectivity index (χ0v) is 13.9. The van der Waals surface area contributed by atoms with Crippen molar-refractivity contribution in [3.8, 4) is 0 Å². The predicted octanol–water partition coefficient (Wildman–Crippen LogP) is 3.22. The number of anilines is 1. The summed E-state index contributed by atoms with van der Waals surface area (Å²) in [7, 11) is 2.20. The third-order valence-corrected chi connectivity index (χ3v) is 4.72. The molecule has 0 unspecified atom stereocenters. The van der Waals surface area contributed by atoms with E-state index in [4.69, 9.17) is 0 Å². The summed E-state index contributed by atoms with van der Waals surface area (Å²) in [6, 6.07) is 10.4. The Bertz CT molecular complexity index is 564. The van der Waals surface area contributed by atoms with Gasteiger partial charge < -0.3 is 9.80 Å². The number of hydrogen-bond acceptors (Lipinski definition) is 4. The first kappa shape index (κ1) is 15.9. The van der Waals surface area contributed by atoms with Gasteiger partial charge in [0.1, 0.15) is 0 Å². The average Bonchev–Trinajstić information content (AvgIpc) is 2.62. The van der Waals surface area contributed by atoms with Crippen molar-refractivity contribution in [1.82, 2.24) is 14.9 Å². The van der Waals surface area contributed by atoms with Gasteiger partial charge in [-0.2, -0.15) is 0 Å². The minimum atomic E-state index is 0.847. The molecular formula is C19H26N4. The molecule has 0 N–H and O–H groups in total. The van der Waals surface area contributed by atoms with Crippen LogP contribution in [0.3, 0.4) is 0 Å². The van der Waals surface area contributed by atoms with Gasteiger partial charge in [0.2, 0.25) is 0 Å². The van der Waals surface area contributed by atoms with Gasteiger partial charge in [0.05, 0.1) is 5.69 Å². The second-order valence-electron chi connectivity index (χ2n) is 6.48. The van der Waals surface area contributed by atoms with Crippen LogP contribution in [-0.2, 0) is 6.54 Å². The average molecular weight is 310 g/mol. The fourth-order valence-electron chi connectivity index (χ4n) is 3.28. The van der Waals surface area contributed by atoms with Crippen molar-refractivity contribution in [3.05, 3.63) is 54.6 Å². The molecular weight excluding hydrogens is 284 g/mol. The first-order valence-electron chi connectivity index (χ1n) is 8.54. The fraction of sp³-hybridized carbons (Fsp3) is 0.474. The molecule has 122 valence electrons. The molecule has 0 amide bonds. The molecule has 0 spiro atoms. The van der Waals surface area contributed by atoms with Crippen molar-refractivity contribution < 1.29 is 0 Å². The zero-order chi connectivity index (χ0) is 15.9. The van der Waals surface area contributed by atoms with Crippen LogP contribution < -0.4 is 4.90 Å². The number of rotatable bonds is 6. The molecule has 0 aromatic carbocycles. The van der Waals surface area contributed by atoms with Crippen molar-refractivity contribution in [3.63, 3.8) is 0 Å². The maximum atomic E-state index is 4.40. The van der Waals surface area contributed by atoms with E-state index in [1.165, 1.54) is 38.0 Å². The maximum Gasteiger partial charge on any atom is 0.0543 e. The second-order valence-corrected chi connectivity index (χ2v) is 6.48. The third-order valence-electron chi connectivity index (χ3n) is 4.72. The summed E-state index contributed by atoms with van der Waals surface area (Å²) >= 11 is 0. The third kappa shape index (κ3) is 4.76. The molecule has 3 rings (SSSR count). The lowest BCUT2D eigenvalue weighted by molar-refractivity contribution is 0.271. The van der Waals surface area contributed by atoms with E-state index in [1.807, 2.05) is 24.7 Å². The minimum absolute atomic E-state index is 0.847. The Hall–Kier alpha value is -1.94. The smallest absolute Gasteiger partial charge is 0.0543 e. The normalized spacial score (nSPS) is 16.0. The Kier molecular flexibility index (Phi) is 5.59. The minimum Gasteiger partial charge on any atom is -0.371 e. The van der Waals surface area contributed by atoms with Crippen molar-refractivity contribution in [2.75, 3.05) is 31.6 Å². The van der Waals surface area contributed by atoms with Gasteiger partial charge in [0.15, 0.2) is 0 Å². The number of hydrogen-bond donors (Lipinski definition) is 0. The highest BCUT2D eigenvalue weighted by Crippen LogP contribution is 2.24. The van der Waals surface area contributed by atoms with Crippen LogP contribution in [0.5, 0.6) is 0 Å². The summed E-state index contributed by atoms with van der Waals surface area (Å²) in [6.07, 6.45) is 9.51. The zero-order valence-electron chi connectivity index (χ0n) is 13.9. The summed E-state index contributed by atoms with van der Waals surface area (Å²) in [5, 5.41) is 0. The molecule has 3 heterocycles. The topological polar surface area (TPSA) is 32.3 Å². The molecule has 1 fully saturated rings. The molecule has 4 nitrogen and oxygen atoms in total. The SMILES string of the molecule is CN(CCC1CCN(c2ccncc2)CC1)Cc1ccccn1. The standard InChI is InChI=1S/C19H26N4/c1-22(16-18-4-2-3-10-21-18)13-7-17-8-14-23(15-9-17)19-5-11-20-12-6-19/h2-6,10-12,17H,7-9,13-16H2,1H3. The molecule has 0 saturated carbocycles. The summed E-state index contributed by atoms with van der Waals surface area (Å²) in [5.74, 6) is 0.847. The lowest BCUT2D eigenvalue weighted by atomic mass is 9.93. The highest BCUT2D eigenvalue weighted by molar-refractivity contribution is 5.44. The van der Waals surface area contributed by atoms with Crippen LogP contribution in [0.15, 0.2) is 48.9 Å². The van der Waals surface area contributed by atoms with Gasteiger partial charge >= 0.3 is 0 Å². The van der Waals surface area contributed by atoms with Gasteiger partial charge in [0, 0.05) is 43.9 Å². The van der Waals surface area contributed by atoms with E-state index in [0.29, 0.717) is 0 Å². The van der Waals surface area contributed by atoms with Gasteiger partial charge in [-0.25, -0.2) is 0 Å². The van der Waals surface area contributed by atoms with Crippen molar-refractivity contribution in [1.29, 1.82) is 0 Å². The van der Waals surface area contributed by atoms with Crippen LogP contribution in [0, 0.1) is 5.92 Å². The quantitative estimate of drug-likeness (QED) is 0.820. The molecule has 1 saturated heterocycles. The Morgan fingerprint density at radius 1 is 1.09 bits per heavy atom. The Balaban J connectivity index is 1.39. The molecule has 0 atom stereocenters. The van der Waals surface area contributed by atoms with E-state index in [1.54, 1.807) is 0 Å². The molecule has 0 aliphatic carbocycles. The van der Waals surface area contributed by atoms with Gasteiger partial charge in [-0.3, -0.25) is 9.97 Å². The summed E-state index contributed by atoms with van der Waals surface area (Å²) in [6.45, 7) is 4.42. The molecule has 0 bridgehead atoms. The summed E-state index contributed by atoms with van der Waals surface area (Å²) in [4.78, 5) is 13.4. The van der Waals surface area contributed by atoms with Crippen LogP contribution in [0.2, 0.25) is 0 Å². The van der Waals surface area contributed by atoms with E-state index >= 15 is 0 Å². The summed E-state index contributed by atoms with van der Waals surface area (Å²) in [5.41, 5.74) is 2.47. The Labute approximate surface area is 139 Å². The summed E-state index contributed by atoms with van der Waals surface area (Å²) < 4.78 is 0. The second kappa shape index (κ2) is 8.06. The maximum absolute atomic E-state index is 4.40. The Morgan fingerprint density at radius 2 is 1.87 bits per heavy atom. The lowest BCUT2D eigenvalue weighted by Crippen LogP contribution is -2.34. The molecule has 2 aromatic rings. The van der Waals surface area contributed by atoms with Crippen molar-refractivity contribution in [2.45, 2.75) is 25.8 Å². The van der Waals surface area contributed by atoms with Gasteiger partial charge in [-0.15, -0.1) is 0 Å². The molecule has 1 aliphatic rings. The number of piperidine rings is 1. The van der Waals surface area contributed by atoms with Gasteiger partial charge in [-0.05, 0) is 63.0 Å². The van der Waals surface area contributed by atoms with E-state index < -0.39 is 0 Å². The van der Waals surface area contributed by atoms with E-state index in [2.05, 4.69) is 51.1 Å².